The molecule has 0 aliphatic heterocycles. The summed E-state index contributed by atoms with van der Waals surface area (Å²) in [7, 11) is 0. The number of nitrogens with one attached hydrogen (secondary N) is 1. The van der Waals surface area contributed by atoms with Gasteiger partial charge in [-0.25, -0.2) is 4.98 Å². The van der Waals surface area contributed by atoms with E-state index in [2.05, 4.69) is 15.0 Å². The van der Waals surface area contributed by atoms with Crippen LogP contribution in [-0.2, 0) is 0 Å². The van der Waals surface area contributed by atoms with Crippen LogP contribution in [0.4, 0.5) is 0 Å². The second-order valence-corrected chi connectivity index (χ2v) is 3.02. The van der Waals surface area contributed by atoms with E-state index in [4.69, 9.17) is 11.6 Å². The lowest BCUT2D eigenvalue weighted by Crippen LogP contribution is -2.09. The number of hydrogen-bond acceptors (Lipinski definition) is 3. The first-order valence-corrected chi connectivity index (χ1v) is 4.30. The van der Waals surface area contributed by atoms with Gasteiger partial charge in [0.1, 0.15) is 0 Å². The number of aromatic nitrogens is 3. The summed E-state index contributed by atoms with van der Waals surface area (Å²) in [5.74, 6) is 0. The average molecular weight is 208 g/mol. The van der Waals surface area contributed by atoms with E-state index in [0.29, 0.717) is 5.56 Å². The molecule has 70 valence electrons. The van der Waals surface area contributed by atoms with Crippen LogP contribution in [0.1, 0.15) is 0 Å². The molecule has 5 heteroatoms. The molecule has 0 saturated carbocycles. The van der Waals surface area contributed by atoms with Crippen LogP contribution in [-0.4, -0.2) is 15.0 Å². The molecule has 0 fully saturated rings. The molecule has 2 aromatic rings. The lowest BCUT2D eigenvalue weighted by molar-refractivity contribution is 1.12. The first-order valence-electron chi connectivity index (χ1n) is 3.92. The van der Waals surface area contributed by atoms with Crippen molar-refractivity contribution in [3.63, 3.8) is 0 Å². The fraction of sp³-hybridized carbons (Fsp3) is 0. The van der Waals surface area contributed by atoms with E-state index in [0.717, 1.165) is 5.56 Å². The summed E-state index contributed by atoms with van der Waals surface area (Å²) in [5, 5.41) is 0.0858. The van der Waals surface area contributed by atoms with Crippen molar-refractivity contribution in [3.8, 4) is 11.1 Å². The Balaban J connectivity index is 2.59. The lowest BCUT2D eigenvalue weighted by atomic mass is 10.1. The summed E-state index contributed by atoms with van der Waals surface area (Å²) >= 11 is 5.52. The zero-order valence-electron chi connectivity index (χ0n) is 7.07. The quantitative estimate of drug-likeness (QED) is 0.721. The standard InChI is InChI=1S/C9H6ClN3O/c10-9-12-5-7(8(14)13-9)6-2-1-3-11-4-6/h1-5H,(H,12,13,14). The monoisotopic (exact) mass is 207 g/mol. The molecule has 2 rings (SSSR count). The highest BCUT2D eigenvalue weighted by molar-refractivity contribution is 6.28. The molecule has 0 saturated heterocycles. The maximum atomic E-state index is 11.4. The van der Waals surface area contributed by atoms with E-state index in [1.54, 1.807) is 24.5 Å². The van der Waals surface area contributed by atoms with Gasteiger partial charge in [-0.1, -0.05) is 6.07 Å². The Morgan fingerprint density at radius 2 is 2.21 bits per heavy atom. The second-order valence-electron chi connectivity index (χ2n) is 2.66. The smallest absolute Gasteiger partial charge is 0.259 e. The third kappa shape index (κ3) is 1.65. The van der Waals surface area contributed by atoms with Gasteiger partial charge in [0.25, 0.3) is 5.56 Å². The topological polar surface area (TPSA) is 58.6 Å². The van der Waals surface area contributed by atoms with Gasteiger partial charge in [-0.15, -0.1) is 0 Å². The first-order chi connectivity index (χ1) is 6.77. The molecule has 0 spiro atoms. The lowest BCUT2D eigenvalue weighted by Gasteiger charge is -1.98. The molecule has 0 bridgehead atoms. The van der Waals surface area contributed by atoms with Gasteiger partial charge in [-0.05, 0) is 17.7 Å². The van der Waals surface area contributed by atoms with Gasteiger partial charge >= 0.3 is 0 Å². The molecular weight excluding hydrogens is 202 g/mol. The van der Waals surface area contributed by atoms with Gasteiger partial charge in [0.05, 0.1) is 5.56 Å². The van der Waals surface area contributed by atoms with Crippen molar-refractivity contribution in [2.45, 2.75) is 0 Å². The van der Waals surface area contributed by atoms with Crippen molar-refractivity contribution in [1.82, 2.24) is 15.0 Å². The molecule has 0 unspecified atom stereocenters. The number of hydrogen-bond donors (Lipinski definition) is 1. The molecular formula is C9H6ClN3O. The summed E-state index contributed by atoms with van der Waals surface area (Å²) in [4.78, 5) is 21.6. The van der Waals surface area contributed by atoms with Gasteiger partial charge in [0.15, 0.2) is 0 Å². The van der Waals surface area contributed by atoms with Gasteiger partial charge in [0.2, 0.25) is 5.28 Å². The minimum Gasteiger partial charge on any atom is -0.297 e. The largest absolute Gasteiger partial charge is 0.297 e. The predicted octanol–water partition coefficient (Wildman–Crippen LogP) is 1.49. The van der Waals surface area contributed by atoms with Crippen molar-refractivity contribution in [1.29, 1.82) is 0 Å². The maximum absolute atomic E-state index is 11.4. The Morgan fingerprint density at radius 1 is 1.36 bits per heavy atom. The van der Waals surface area contributed by atoms with Crippen LogP contribution in [0.15, 0.2) is 35.5 Å². The SMILES string of the molecule is O=c1[nH]c(Cl)ncc1-c1cccnc1. The summed E-state index contributed by atoms with van der Waals surface area (Å²) in [6.07, 6.45) is 4.67. The maximum Gasteiger partial charge on any atom is 0.259 e. The third-order valence-electron chi connectivity index (χ3n) is 1.74. The molecule has 0 aliphatic rings. The van der Waals surface area contributed by atoms with Crippen molar-refractivity contribution < 1.29 is 0 Å². The highest BCUT2D eigenvalue weighted by Crippen LogP contribution is 2.11. The van der Waals surface area contributed by atoms with Crippen LogP contribution in [0.2, 0.25) is 5.28 Å². The number of rotatable bonds is 1. The van der Waals surface area contributed by atoms with Gasteiger partial charge in [-0.2, -0.15) is 0 Å². The van der Waals surface area contributed by atoms with Crippen molar-refractivity contribution >= 4 is 11.6 Å². The minimum atomic E-state index is -0.266. The molecule has 0 radical (unpaired) electrons. The molecule has 0 aliphatic carbocycles. The van der Waals surface area contributed by atoms with E-state index in [1.165, 1.54) is 6.20 Å². The van der Waals surface area contributed by atoms with Crippen LogP contribution < -0.4 is 5.56 Å². The molecule has 1 N–H and O–H groups in total. The predicted molar refractivity (Wildman–Crippen MR) is 53.1 cm³/mol. The zero-order valence-corrected chi connectivity index (χ0v) is 7.82. The summed E-state index contributed by atoms with van der Waals surface area (Å²) in [6, 6.07) is 3.54. The van der Waals surface area contributed by atoms with Gasteiger partial charge in [0, 0.05) is 24.2 Å². The first kappa shape index (κ1) is 8.90. The summed E-state index contributed by atoms with van der Waals surface area (Å²) < 4.78 is 0. The van der Waals surface area contributed by atoms with Crippen molar-refractivity contribution in [3.05, 3.63) is 46.4 Å². The third-order valence-corrected chi connectivity index (χ3v) is 1.93. The summed E-state index contributed by atoms with van der Waals surface area (Å²) in [5.41, 5.74) is 0.915. The summed E-state index contributed by atoms with van der Waals surface area (Å²) in [6.45, 7) is 0. The fourth-order valence-corrected chi connectivity index (χ4v) is 1.24. The van der Waals surface area contributed by atoms with E-state index in [9.17, 15) is 4.79 Å². The highest BCUT2D eigenvalue weighted by Gasteiger charge is 2.03. The Morgan fingerprint density at radius 3 is 2.86 bits per heavy atom. The van der Waals surface area contributed by atoms with Crippen molar-refractivity contribution in [2.24, 2.45) is 0 Å². The zero-order chi connectivity index (χ0) is 9.97. The number of halogens is 1. The highest BCUT2D eigenvalue weighted by atomic mass is 35.5. The number of nitrogens with zero attached hydrogens (tertiary/aromatic N) is 2. The van der Waals surface area contributed by atoms with E-state index >= 15 is 0 Å². The van der Waals surface area contributed by atoms with Crippen molar-refractivity contribution in [2.75, 3.05) is 0 Å². The van der Waals surface area contributed by atoms with Crippen LogP contribution >= 0.6 is 11.6 Å². The average Bonchev–Trinajstić information content (AvgIpc) is 2.19. The van der Waals surface area contributed by atoms with E-state index < -0.39 is 0 Å². The minimum absolute atomic E-state index is 0.0858. The number of pyridine rings is 1. The van der Waals surface area contributed by atoms with Crippen LogP contribution in [0.5, 0.6) is 0 Å². The van der Waals surface area contributed by atoms with Crippen LogP contribution in [0.3, 0.4) is 0 Å². The van der Waals surface area contributed by atoms with Crippen LogP contribution in [0.25, 0.3) is 11.1 Å². The Bertz CT molecular complexity index is 495. The van der Waals surface area contributed by atoms with Gasteiger partial charge < -0.3 is 0 Å². The Kier molecular flexibility index (Phi) is 2.28. The molecule has 0 aromatic carbocycles. The molecule has 14 heavy (non-hydrogen) atoms. The van der Waals surface area contributed by atoms with Crippen LogP contribution in [0, 0.1) is 0 Å². The van der Waals surface area contributed by atoms with Gasteiger partial charge in [-0.3, -0.25) is 14.8 Å². The molecule has 2 aromatic heterocycles. The second kappa shape index (κ2) is 3.59. The van der Waals surface area contributed by atoms with E-state index in [1.807, 2.05) is 0 Å². The fourth-order valence-electron chi connectivity index (χ4n) is 1.10. The molecule has 4 nitrogen and oxygen atoms in total. The Hall–Kier alpha value is -1.68. The molecule has 0 amide bonds. The molecule has 0 atom stereocenters. The molecule has 2 heterocycles. The normalized spacial score (nSPS) is 10.1. The van der Waals surface area contributed by atoms with E-state index in [-0.39, 0.29) is 10.8 Å². The number of H-pyrrole nitrogens is 1. The Labute approximate surface area is 84.6 Å². The number of aromatic amines is 1.